The van der Waals surface area contributed by atoms with Gasteiger partial charge in [0, 0.05) is 28.1 Å². The summed E-state index contributed by atoms with van der Waals surface area (Å²) in [5.74, 6) is -1.08. The fraction of sp³-hybridized carbons (Fsp3) is 0.304. The van der Waals surface area contributed by atoms with E-state index in [9.17, 15) is 14.3 Å². The SMILES string of the molecule is CC(C)c1c([C@@H]2CO[C@@H](C(=O)O)C2)c2cc3[nH]ncc3cc2n1-c1ccc(F)cc1. The van der Waals surface area contributed by atoms with E-state index in [4.69, 9.17) is 4.74 Å². The zero-order valence-corrected chi connectivity index (χ0v) is 16.7. The third-order valence-electron chi connectivity index (χ3n) is 5.92. The molecule has 2 aromatic heterocycles. The topological polar surface area (TPSA) is 80.1 Å². The van der Waals surface area contributed by atoms with Gasteiger partial charge in [0.05, 0.1) is 23.8 Å². The molecule has 1 saturated heterocycles. The highest BCUT2D eigenvalue weighted by Gasteiger charge is 2.36. The van der Waals surface area contributed by atoms with Gasteiger partial charge in [-0.1, -0.05) is 13.8 Å². The highest BCUT2D eigenvalue weighted by atomic mass is 19.1. The van der Waals surface area contributed by atoms with Crippen molar-refractivity contribution in [1.82, 2.24) is 14.8 Å². The number of carboxylic acids is 1. The van der Waals surface area contributed by atoms with Crippen molar-refractivity contribution in [2.24, 2.45) is 0 Å². The average Bonchev–Trinajstić information content (AvgIpc) is 3.43. The van der Waals surface area contributed by atoms with Crippen LogP contribution in [-0.4, -0.2) is 38.6 Å². The number of aromatic nitrogens is 3. The number of aromatic amines is 1. The Bertz CT molecular complexity index is 1260. The van der Waals surface area contributed by atoms with Crippen LogP contribution in [0.5, 0.6) is 0 Å². The molecule has 2 aromatic carbocycles. The van der Waals surface area contributed by atoms with Crippen LogP contribution < -0.4 is 0 Å². The van der Waals surface area contributed by atoms with E-state index in [2.05, 4.69) is 40.7 Å². The largest absolute Gasteiger partial charge is 0.479 e. The minimum Gasteiger partial charge on any atom is -0.479 e. The molecule has 1 fully saturated rings. The number of halogens is 1. The van der Waals surface area contributed by atoms with Gasteiger partial charge in [0.2, 0.25) is 0 Å². The van der Waals surface area contributed by atoms with Gasteiger partial charge in [0.15, 0.2) is 6.10 Å². The van der Waals surface area contributed by atoms with Crippen LogP contribution in [0.2, 0.25) is 0 Å². The Labute approximate surface area is 172 Å². The molecule has 4 aromatic rings. The summed E-state index contributed by atoms with van der Waals surface area (Å²) in [6.45, 7) is 4.60. The summed E-state index contributed by atoms with van der Waals surface area (Å²) in [6, 6.07) is 10.6. The molecule has 0 bridgehead atoms. The first-order valence-corrected chi connectivity index (χ1v) is 10.1. The first-order chi connectivity index (χ1) is 14.4. The second kappa shape index (κ2) is 6.95. The van der Waals surface area contributed by atoms with E-state index >= 15 is 0 Å². The smallest absolute Gasteiger partial charge is 0.332 e. The van der Waals surface area contributed by atoms with Crippen LogP contribution in [0.4, 0.5) is 4.39 Å². The average molecular weight is 407 g/mol. The van der Waals surface area contributed by atoms with Crippen LogP contribution in [0.25, 0.3) is 27.5 Å². The van der Waals surface area contributed by atoms with E-state index in [0.717, 1.165) is 38.8 Å². The normalized spacial score (nSPS) is 19.3. The van der Waals surface area contributed by atoms with Crippen molar-refractivity contribution >= 4 is 27.8 Å². The molecule has 6 nitrogen and oxygen atoms in total. The van der Waals surface area contributed by atoms with Crippen molar-refractivity contribution in [2.75, 3.05) is 6.61 Å². The fourth-order valence-corrected chi connectivity index (χ4v) is 4.64. The second-order valence-electron chi connectivity index (χ2n) is 8.18. The van der Waals surface area contributed by atoms with Gasteiger partial charge in [0.25, 0.3) is 0 Å². The van der Waals surface area contributed by atoms with Crippen molar-refractivity contribution in [2.45, 2.75) is 38.2 Å². The van der Waals surface area contributed by atoms with Crippen molar-refractivity contribution in [1.29, 1.82) is 0 Å². The molecule has 5 rings (SSSR count). The highest BCUT2D eigenvalue weighted by Crippen LogP contribution is 2.43. The van der Waals surface area contributed by atoms with Crippen LogP contribution in [0.1, 0.15) is 43.4 Å². The van der Waals surface area contributed by atoms with E-state index in [1.165, 1.54) is 12.1 Å². The predicted octanol–water partition coefficient (Wildman–Crippen LogP) is 4.73. The molecule has 1 aliphatic heterocycles. The lowest BCUT2D eigenvalue weighted by atomic mass is 9.90. The summed E-state index contributed by atoms with van der Waals surface area (Å²) >= 11 is 0. The Morgan fingerprint density at radius 1 is 1.30 bits per heavy atom. The molecule has 0 spiro atoms. The van der Waals surface area contributed by atoms with Gasteiger partial charge in [-0.3, -0.25) is 5.10 Å². The number of nitrogens with one attached hydrogen (secondary N) is 1. The first-order valence-electron chi connectivity index (χ1n) is 10.1. The van der Waals surface area contributed by atoms with Crippen molar-refractivity contribution in [3.8, 4) is 5.69 Å². The first kappa shape index (κ1) is 18.8. The maximum Gasteiger partial charge on any atom is 0.332 e. The third-order valence-corrected chi connectivity index (χ3v) is 5.92. The number of carbonyl (C=O) groups is 1. The van der Waals surface area contributed by atoms with E-state index < -0.39 is 12.1 Å². The molecule has 0 saturated carbocycles. The number of fused-ring (bicyclic) bond motifs is 2. The summed E-state index contributed by atoms with van der Waals surface area (Å²) in [5, 5.41) is 18.6. The number of ether oxygens (including phenoxy) is 1. The molecule has 30 heavy (non-hydrogen) atoms. The molecule has 0 amide bonds. The zero-order chi connectivity index (χ0) is 21.0. The lowest BCUT2D eigenvalue weighted by Crippen LogP contribution is -2.18. The van der Waals surface area contributed by atoms with E-state index in [1.807, 2.05) is 0 Å². The molecule has 154 valence electrons. The maximum absolute atomic E-state index is 13.6. The number of benzene rings is 2. The van der Waals surface area contributed by atoms with Gasteiger partial charge in [-0.2, -0.15) is 5.10 Å². The minimum absolute atomic E-state index is 0.0342. The quantitative estimate of drug-likeness (QED) is 0.513. The summed E-state index contributed by atoms with van der Waals surface area (Å²) < 4.78 is 21.4. The van der Waals surface area contributed by atoms with Gasteiger partial charge >= 0.3 is 5.97 Å². The van der Waals surface area contributed by atoms with Crippen LogP contribution >= 0.6 is 0 Å². The van der Waals surface area contributed by atoms with Gasteiger partial charge in [-0.05, 0) is 54.3 Å². The lowest BCUT2D eigenvalue weighted by Gasteiger charge is -2.18. The van der Waals surface area contributed by atoms with Crippen molar-refractivity contribution in [3.63, 3.8) is 0 Å². The summed E-state index contributed by atoms with van der Waals surface area (Å²) in [7, 11) is 0. The molecule has 2 N–H and O–H groups in total. The van der Waals surface area contributed by atoms with E-state index in [-0.39, 0.29) is 17.7 Å². The highest BCUT2D eigenvalue weighted by molar-refractivity contribution is 5.99. The number of rotatable bonds is 4. The Morgan fingerprint density at radius 2 is 2.07 bits per heavy atom. The van der Waals surface area contributed by atoms with E-state index in [1.54, 1.807) is 18.3 Å². The predicted molar refractivity (Wildman–Crippen MR) is 112 cm³/mol. The van der Waals surface area contributed by atoms with Gasteiger partial charge in [-0.15, -0.1) is 0 Å². The molecule has 0 aliphatic carbocycles. The molecular formula is C23H22FN3O3. The number of H-pyrrole nitrogens is 1. The van der Waals surface area contributed by atoms with Crippen molar-refractivity contribution < 1.29 is 19.0 Å². The van der Waals surface area contributed by atoms with Crippen molar-refractivity contribution in [3.05, 3.63) is 59.7 Å². The maximum atomic E-state index is 13.6. The Kier molecular flexibility index (Phi) is 4.36. The number of hydrogen-bond donors (Lipinski definition) is 2. The monoisotopic (exact) mass is 407 g/mol. The fourth-order valence-electron chi connectivity index (χ4n) is 4.64. The number of hydrogen-bond acceptors (Lipinski definition) is 3. The Morgan fingerprint density at radius 3 is 2.73 bits per heavy atom. The standard InChI is InChI=1S/C23H22FN3O3/c1-12(2)22-21(14-8-20(23(28)29)30-11-14)17-9-18-13(10-25-26-18)7-19(17)27(22)16-5-3-15(24)4-6-16/h3-7,9-10,12,14,20H,8,11H2,1-2H3,(H,25,26)(H,28,29)/t14-,20+/m0/s1. The molecule has 0 radical (unpaired) electrons. The van der Waals surface area contributed by atoms with Gasteiger partial charge < -0.3 is 14.4 Å². The molecule has 3 heterocycles. The van der Waals surface area contributed by atoms with Crippen LogP contribution in [0.15, 0.2) is 42.6 Å². The Hall–Kier alpha value is -3.19. The number of carboxylic acid groups (broad SMARTS) is 1. The molecule has 1 aliphatic rings. The van der Waals surface area contributed by atoms with Crippen LogP contribution in [0, 0.1) is 5.82 Å². The molecule has 0 unspecified atom stereocenters. The lowest BCUT2D eigenvalue weighted by molar-refractivity contribution is -0.147. The molecular weight excluding hydrogens is 385 g/mol. The molecule has 7 heteroatoms. The second-order valence-corrected chi connectivity index (χ2v) is 8.18. The molecule has 2 atom stereocenters. The van der Waals surface area contributed by atoms with Crippen LogP contribution in [0.3, 0.4) is 0 Å². The number of nitrogens with zero attached hydrogens (tertiary/aromatic N) is 2. The van der Waals surface area contributed by atoms with Gasteiger partial charge in [-0.25, -0.2) is 9.18 Å². The summed E-state index contributed by atoms with van der Waals surface area (Å²) in [4.78, 5) is 11.5. The third kappa shape index (κ3) is 2.89. The summed E-state index contributed by atoms with van der Waals surface area (Å²) in [5.41, 5.74) is 4.98. The number of aliphatic carboxylic acids is 1. The minimum atomic E-state index is -0.929. The van der Waals surface area contributed by atoms with Crippen LogP contribution in [-0.2, 0) is 9.53 Å². The zero-order valence-electron chi connectivity index (χ0n) is 16.7. The Balaban J connectivity index is 1.82. The summed E-state index contributed by atoms with van der Waals surface area (Å²) in [6.07, 6.45) is 1.42. The van der Waals surface area contributed by atoms with Gasteiger partial charge in [0.1, 0.15) is 5.82 Å². The van der Waals surface area contributed by atoms with E-state index in [0.29, 0.717) is 13.0 Å².